The van der Waals surface area contributed by atoms with E-state index in [2.05, 4.69) is 18.1 Å². The summed E-state index contributed by atoms with van der Waals surface area (Å²) in [5.74, 6) is 0. The fraction of sp³-hybridized carbons (Fsp3) is 1.00. The van der Waals surface area contributed by atoms with Crippen LogP contribution in [0.5, 0.6) is 0 Å². The standard InChI is InChI=1S/C2H2F3N3OP3/c3-2(4,5)1-9-12-7-10-6-11-8-12/h1H2/q+1. The highest BCUT2D eigenvalue weighted by Crippen LogP contribution is 2.22. The molecule has 0 aliphatic rings. The van der Waals surface area contributed by atoms with Crippen LogP contribution in [0.3, 0.4) is 0 Å². The lowest BCUT2D eigenvalue weighted by molar-refractivity contribution is -0.146. The summed E-state index contributed by atoms with van der Waals surface area (Å²) in [7, 11) is -0.835. The van der Waals surface area contributed by atoms with Crippen molar-refractivity contribution < 1.29 is 17.7 Å². The maximum atomic E-state index is 11.6. The fourth-order valence-corrected chi connectivity index (χ4v) is 3.08. The van der Waals surface area contributed by atoms with Gasteiger partial charge in [-0.2, -0.15) is 13.2 Å². The molecule has 1 aromatic rings. The lowest BCUT2D eigenvalue weighted by atomic mass is 10.7. The zero-order chi connectivity index (χ0) is 9.03. The van der Waals surface area contributed by atoms with Crippen molar-refractivity contribution in [3.05, 3.63) is 0 Å². The Morgan fingerprint density at radius 2 is 1.83 bits per heavy atom. The maximum Gasteiger partial charge on any atom is 0.414 e. The highest BCUT2D eigenvalue weighted by Gasteiger charge is 2.29. The van der Waals surface area contributed by atoms with Crippen LogP contribution in [0.25, 0.3) is 0 Å². The molecule has 0 aliphatic heterocycles. The first kappa shape index (κ1) is 10.1. The number of hydrogen-bond donors (Lipinski definition) is 0. The third-order valence-corrected chi connectivity index (χ3v) is 3.52. The van der Waals surface area contributed by atoms with Crippen LogP contribution in [0.1, 0.15) is 0 Å². The van der Waals surface area contributed by atoms with Crippen LogP contribution >= 0.6 is 25.1 Å². The molecule has 1 aromatic heterocycles. The van der Waals surface area contributed by atoms with Crippen molar-refractivity contribution in [2.45, 2.75) is 6.18 Å². The number of rotatable bonds is 2. The minimum atomic E-state index is -4.31. The molecule has 0 aliphatic carbocycles. The molecule has 0 atom stereocenters. The third kappa shape index (κ3) is 4.17. The van der Waals surface area contributed by atoms with Crippen molar-refractivity contribution in [3.63, 3.8) is 0 Å². The lowest BCUT2D eigenvalue weighted by Gasteiger charge is -2.00. The van der Waals surface area contributed by atoms with Crippen molar-refractivity contribution in [1.82, 2.24) is 13.5 Å². The Kier molecular flexibility index (Phi) is 3.66. The zero-order valence-corrected chi connectivity index (χ0v) is 8.12. The first-order valence-electron chi connectivity index (χ1n) is 2.59. The molecular formula is C2H2F3N3OP3+. The van der Waals surface area contributed by atoms with Gasteiger partial charge >= 0.3 is 31.3 Å². The van der Waals surface area contributed by atoms with Gasteiger partial charge in [0.05, 0.1) is 0 Å². The predicted octanol–water partition coefficient (Wildman–Crippen LogP) is 2.29. The van der Waals surface area contributed by atoms with Crippen molar-refractivity contribution in [2.75, 3.05) is 6.61 Å². The normalized spacial score (nSPS) is 14.4. The fourth-order valence-electron chi connectivity index (χ4n) is 0.323. The second-order valence-electron chi connectivity index (χ2n) is 1.59. The molecule has 0 saturated heterocycles. The summed E-state index contributed by atoms with van der Waals surface area (Å²) in [4.78, 5) is 0. The smallest absolute Gasteiger partial charge is 0.233 e. The van der Waals surface area contributed by atoms with Gasteiger partial charge in [-0.1, -0.05) is 0 Å². The van der Waals surface area contributed by atoms with Gasteiger partial charge in [0.25, 0.3) is 0 Å². The van der Waals surface area contributed by atoms with Crippen LogP contribution in [-0.2, 0) is 0 Å². The van der Waals surface area contributed by atoms with Gasteiger partial charge in [0.2, 0.25) is 0 Å². The Labute approximate surface area is 69.9 Å². The number of aromatic nitrogens is 3. The van der Waals surface area contributed by atoms with E-state index in [4.69, 9.17) is 0 Å². The third-order valence-electron chi connectivity index (χ3n) is 0.657. The first-order valence-corrected chi connectivity index (χ1v) is 5.36. The maximum absolute atomic E-state index is 11.6. The Hall–Kier alpha value is 0.0500. The summed E-state index contributed by atoms with van der Waals surface area (Å²) >= 11 is 0. The molecule has 1 heterocycles. The molecule has 0 radical (unpaired) electrons. The molecule has 0 fully saturated rings. The van der Waals surface area contributed by atoms with Crippen LogP contribution in [-0.4, -0.2) is 26.3 Å². The minimum absolute atomic E-state index is 0.395. The molecule has 0 aromatic carbocycles. The highest BCUT2D eigenvalue weighted by atomic mass is 31.2. The summed E-state index contributed by atoms with van der Waals surface area (Å²) in [5.41, 5.74) is 0. The quantitative estimate of drug-likeness (QED) is 0.787. The average molecular weight is 234 g/mol. The van der Waals surface area contributed by atoms with Crippen LogP contribution in [0, 0.1) is 0 Å². The predicted molar refractivity (Wildman–Crippen MR) is 39.5 cm³/mol. The van der Waals surface area contributed by atoms with E-state index in [-0.39, 0.29) is 0 Å². The largest absolute Gasteiger partial charge is 0.414 e. The van der Waals surface area contributed by atoms with E-state index in [1.54, 1.807) is 0 Å². The van der Waals surface area contributed by atoms with E-state index in [0.29, 0.717) is 17.0 Å². The van der Waals surface area contributed by atoms with E-state index in [1.165, 1.54) is 0 Å². The summed E-state index contributed by atoms with van der Waals surface area (Å²) in [6.45, 7) is -1.29. The Morgan fingerprint density at radius 3 is 2.33 bits per heavy atom. The van der Waals surface area contributed by atoms with Gasteiger partial charge in [-0.25, -0.2) is 4.52 Å². The molecule has 0 unspecified atom stereocenters. The molecule has 4 nitrogen and oxygen atoms in total. The Bertz CT molecular complexity index is 242. The molecule has 0 spiro atoms. The van der Waals surface area contributed by atoms with Gasteiger partial charge in [-0.05, 0) is 13.5 Å². The van der Waals surface area contributed by atoms with Gasteiger partial charge in [0.1, 0.15) is 0 Å². The Morgan fingerprint density at radius 1 is 1.25 bits per heavy atom. The van der Waals surface area contributed by atoms with Crippen molar-refractivity contribution in [3.8, 4) is 0 Å². The number of nitrogens with zero attached hydrogens (tertiary/aromatic N) is 3. The van der Waals surface area contributed by atoms with E-state index >= 15 is 0 Å². The average Bonchev–Trinajstić information content (AvgIpc) is 2.02. The lowest BCUT2D eigenvalue weighted by Crippen LogP contribution is -2.18. The molecule has 0 bridgehead atoms. The van der Waals surface area contributed by atoms with Gasteiger partial charge in [0, 0.05) is 0 Å². The van der Waals surface area contributed by atoms with Crippen LogP contribution in [0.15, 0.2) is 0 Å². The monoisotopic (exact) mass is 234 g/mol. The van der Waals surface area contributed by atoms with Crippen LogP contribution < -0.4 is 4.52 Å². The molecule has 10 heteroatoms. The highest BCUT2D eigenvalue weighted by molar-refractivity contribution is 7.50. The first-order chi connectivity index (χ1) is 5.58. The van der Waals surface area contributed by atoms with Gasteiger partial charge in [0.15, 0.2) is 6.61 Å². The van der Waals surface area contributed by atoms with Gasteiger partial charge in [-0.3, -0.25) is 0 Å². The number of hydrogen-bond acceptors (Lipinski definition) is 4. The summed E-state index contributed by atoms with van der Waals surface area (Å²) < 4.78 is 50.0. The second-order valence-corrected chi connectivity index (χ2v) is 4.86. The summed E-state index contributed by atoms with van der Waals surface area (Å²) in [6.07, 6.45) is -4.31. The summed E-state index contributed by atoms with van der Waals surface area (Å²) in [5, 5.41) is 0. The van der Waals surface area contributed by atoms with Gasteiger partial charge < -0.3 is 0 Å². The molecule has 0 saturated carbocycles. The van der Waals surface area contributed by atoms with Crippen LogP contribution in [0.4, 0.5) is 13.2 Å². The zero-order valence-electron chi connectivity index (χ0n) is 5.43. The number of halogens is 3. The van der Waals surface area contributed by atoms with Crippen LogP contribution in [0.2, 0.25) is 0 Å². The Balaban J connectivity index is 2.44. The molecule has 0 amide bonds. The SMILES string of the molecule is FC(F)(F)CO[p+]1npnpn1. The van der Waals surface area contributed by atoms with Crippen molar-refractivity contribution in [2.24, 2.45) is 0 Å². The van der Waals surface area contributed by atoms with Crippen molar-refractivity contribution >= 4 is 25.1 Å². The van der Waals surface area contributed by atoms with E-state index in [1.807, 2.05) is 0 Å². The molecule has 0 N–H and O–H groups in total. The van der Waals surface area contributed by atoms with E-state index in [9.17, 15) is 13.2 Å². The molecule has 12 heavy (non-hydrogen) atoms. The molecule has 1 rings (SSSR count). The second kappa shape index (κ2) is 4.33. The minimum Gasteiger partial charge on any atom is -0.233 e. The van der Waals surface area contributed by atoms with Gasteiger partial charge in [-0.15, -0.1) is 0 Å². The molecule has 66 valence electrons. The van der Waals surface area contributed by atoms with E-state index < -0.39 is 20.9 Å². The summed E-state index contributed by atoms with van der Waals surface area (Å²) in [6, 6.07) is 0. The van der Waals surface area contributed by atoms with E-state index in [0.717, 1.165) is 0 Å². The van der Waals surface area contributed by atoms with Crippen molar-refractivity contribution in [1.29, 1.82) is 0 Å². The number of alkyl halides is 3. The molecular weight excluding hydrogens is 232 g/mol. The topological polar surface area (TPSA) is 47.9 Å².